The molecular weight excluding hydrogens is 300 g/mol. The maximum atomic E-state index is 6.29. The number of ether oxygens (including phenoxy) is 1. The number of thioether (sulfide) groups is 1. The van der Waals surface area contributed by atoms with Crippen LogP contribution in [0.5, 0.6) is 0 Å². The van der Waals surface area contributed by atoms with Crippen molar-refractivity contribution in [3.8, 4) is 0 Å². The van der Waals surface area contributed by atoms with Crippen molar-refractivity contribution < 1.29 is 4.74 Å². The second-order valence-corrected chi connectivity index (χ2v) is 7.60. The molecule has 1 aliphatic heterocycles. The van der Waals surface area contributed by atoms with Crippen molar-refractivity contribution in [2.45, 2.75) is 43.3 Å². The van der Waals surface area contributed by atoms with Crippen molar-refractivity contribution in [2.75, 3.05) is 13.7 Å². The van der Waals surface area contributed by atoms with Crippen LogP contribution < -0.4 is 0 Å². The molecule has 0 saturated heterocycles. The van der Waals surface area contributed by atoms with E-state index in [-0.39, 0.29) is 0 Å². The Kier molecular flexibility index (Phi) is 5.31. The molecule has 1 saturated carbocycles. The van der Waals surface area contributed by atoms with Crippen molar-refractivity contribution in [1.82, 2.24) is 0 Å². The molecular formula is C18H23ClOS. The average Bonchev–Trinajstić information content (AvgIpc) is 2.97. The minimum absolute atomic E-state index is 0.475. The molecule has 0 radical (unpaired) electrons. The maximum absolute atomic E-state index is 6.29. The molecule has 0 spiro atoms. The van der Waals surface area contributed by atoms with Crippen molar-refractivity contribution in [2.24, 2.45) is 5.92 Å². The Labute approximate surface area is 137 Å². The Hall–Kier alpha value is -0.440. The van der Waals surface area contributed by atoms with Crippen molar-refractivity contribution in [1.29, 1.82) is 0 Å². The van der Waals surface area contributed by atoms with Gasteiger partial charge >= 0.3 is 0 Å². The third-order valence-corrected chi connectivity index (χ3v) is 6.15. The Morgan fingerprint density at radius 3 is 2.76 bits per heavy atom. The van der Waals surface area contributed by atoms with Crippen molar-refractivity contribution >= 4 is 23.4 Å². The van der Waals surface area contributed by atoms with Gasteiger partial charge in [0.2, 0.25) is 0 Å². The molecule has 0 N–H and O–H groups in total. The van der Waals surface area contributed by atoms with Crippen molar-refractivity contribution in [3.05, 3.63) is 45.8 Å². The van der Waals surface area contributed by atoms with Crippen LogP contribution in [-0.2, 0) is 4.74 Å². The van der Waals surface area contributed by atoms with E-state index in [2.05, 4.69) is 23.6 Å². The van der Waals surface area contributed by atoms with Gasteiger partial charge in [-0.1, -0.05) is 43.0 Å². The SMILES string of the molecule is COCC1C=CSC1c1ccc(Cl)cc1C1CCCCC1. The van der Waals surface area contributed by atoms with Crippen LogP contribution in [0.25, 0.3) is 0 Å². The fourth-order valence-corrected chi connectivity index (χ4v) is 5.02. The highest BCUT2D eigenvalue weighted by Gasteiger charge is 2.29. The summed E-state index contributed by atoms with van der Waals surface area (Å²) in [7, 11) is 1.79. The second-order valence-electron chi connectivity index (χ2n) is 6.11. The zero-order chi connectivity index (χ0) is 14.7. The quantitative estimate of drug-likeness (QED) is 0.677. The Morgan fingerprint density at radius 1 is 1.19 bits per heavy atom. The third kappa shape index (κ3) is 3.49. The van der Waals surface area contributed by atoms with Crippen LogP contribution in [0, 0.1) is 5.92 Å². The van der Waals surface area contributed by atoms with Crippen LogP contribution in [0.3, 0.4) is 0 Å². The minimum atomic E-state index is 0.475. The van der Waals surface area contributed by atoms with E-state index in [1.807, 2.05) is 17.8 Å². The normalized spacial score (nSPS) is 26.4. The fraction of sp³-hybridized carbons (Fsp3) is 0.556. The molecule has 21 heavy (non-hydrogen) atoms. The Morgan fingerprint density at radius 2 is 2.00 bits per heavy atom. The van der Waals surface area contributed by atoms with Gasteiger partial charge in [0.25, 0.3) is 0 Å². The summed E-state index contributed by atoms with van der Waals surface area (Å²) in [5.74, 6) is 1.17. The molecule has 1 nitrogen and oxygen atoms in total. The van der Waals surface area contributed by atoms with Crippen LogP contribution in [0.1, 0.15) is 54.4 Å². The van der Waals surface area contributed by atoms with E-state index in [9.17, 15) is 0 Å². The smallest absolute Gasteiger partial charge is 0.0539 e. The van der Waals surface area contributed by atoms with Gasteiger partial charge in [-0.3, -0.25) is 0 Å². The summed E-state index contributed by atoms with van der Waals surface area (Å²) in [6.07, 6.45) is 9.01. The van der Waals surface area contributed by atoms with E-state index < -0.39 is 0 Å². The lowest BCUT2D eigenvalue weighted by molar-refractivity contribution is 0.169. The molecule has 0 bridgehead atoms. The minimum Gasteiger partial charge on any atom is -0.384 e. The predicted molar refractivity (Wildman–Crippen MR) is 92.1 cm³/mol. The van der Waals surface area contributed by atoms with Gasteiger partial charge in [0.1, 0.15) is 0 Å². The standard InChI is InChI=1S/C18H23ClOS/c1-20-12-14-9-10-21-18(14)16-8-7-15(19)11-17(16)13-5-3-2-4-6-13/h7-11,13-14,18H,2-6,12H2,1H3. The van der Waals surface area contributed by atoms with Crippen LogP contribution in [-0.4, -0.2) is 13.7 Å². The monoisotopic (exact) mass is 322 g/mol. The van der Waals surface area contributed by atoms with Gasteiger partial charge < -0.3 is 4.74 Å². The third-order valence-electron chi connectivity index (χ3n) is 4.70. The summed E-state index contributed by atoms with van der Waals surface area (Å²) < 4.78 is 5.40. The van der Waals surface area contributed by atoms with Gasteiger partial charge in [0, 0.05) is 23.3 Å². The van der Waals surface area contributed by atoms with Gasteiger partial charge in [0.15, 0.2) is 0 Å². The predicted octanol–water partition coefficient (Wildman–Crippen LogP) is 5.95. The van der Waals surface area contributed by atoms with Crippen LogP contribution in [0.2, 0.25) is 5.02 Å². The fourth-order valence-electron chi connectivity index (χ4n) is 3.64. The lowest BCUT2D eigenvalue weighted by Gasteiger charge is -2.28. The summed E-state index contributed by atoms with van der Waals surface area (Å²) in [4.78, 5) is 0. The number of methoxy groups -OCH3 is 1. The highest BCUT2D eigenvalue weighted by molar-refractivity contribution is 8.02. The van der Waals surface area contributed by atoms with E-state index in [4.69, 9.17) is 16.3 Å². The van der Waals surface area contributed by atoms with Gasteiger partial charge in [-0.25, -0.2) is 0 Å². The molecule has 1 fully saturated rings. The Bertz CT molecular complexity index is 508. The molecule has 1 heterocycles. The molecule has 2 unspecified atom stereocenters. The highest BCUT2D eigenvalue weighted by atomic mass is 35.5. The average molecular weight is 323 g/mol. The number of halogens is 1. The van der Waals surface area contributed by atoms with Crippen LogP contribution in [0.15, 0.2) is 29.7 Å². The molecule has 1 aliphatic carbocycles. The topological polar surface area (TPSA) is 9.23 Å². The molecule has 3 rings (SSSR count). The number of rotatable bonds is 4. The maximum Gasteiger partial charge on any atom is 0.0539 e. The first kappa shape index (κ1) is 15.5. The zero-order valence-electron chi connectivity index (χ0n) is 12.6. The van der Waals surface area contributed by atoms with Crippen LogP contribution in [0.4, 0.5) is 0 Å². The largest absolute Gasteiger partial charge is 0.384 e. The van der Waals surface area contributed by atoms with E-state index in [0.717, 1.165) is 11.6 Å². The Balaban J connectivity index is 1.90. The van der Waals surface area contributed by atoms with Gasteiger partial charge in [0.05, 0.1) is 6.61 Å². The molecule has 0 amide bonds. The van der Waals surface area contributed by atoms with Crippen LogP contribution >= 0.6 is 23.4 Å². The van der Waals surface area contributed by atoms with E-state index >= 15 is 0 Å². The van der Waals surface area contributed by atoms with E-state index in [0.29, 0.717) is 17.1 Å². The first-order valence-corrected chi connectivity index (χ1v) is 9.22. The molecule has 2 aliphatic rings. The van der Waals surface area contributed by atoms with Gasteiger partial charge in [-0.2, -0.15) is 0 Å². The molecule has 1 aromatic carbocycles. The summed E-state index contributed by atoms with van der Waals surface area (Å²) in [5, 5.41) is 3.59. The number of hydrogen-bond acceptors (Lipinski definition) is 2. The highest BCUT2D eigenvalue weighted by Crippen LogP contribution is 2.47. The first-order chi connectivity index (χ1) is 10.3. The lowest BCUT2D eigenvalue weighted by Crippen LogP contribution is -2.14. The first-order valence-electron chi connectivity index (χ1n) is 7.90. The van der Waals surface area contributed by atoms with E-state index in [1.54, 1.807) is 7.11 Å². The molecule has 3 heteroatoms. The second kappa shape index (κ2) is 7.21. The lowest BCUT2D eigenvalue weighted by atomic mass is 9.80. The molecule has 114 valence electrons. The van der Waals surface area contributed by atoms with E-state index in [1.165, 1.54) is 43.2 Å². The molecule has 1 aromatic rings. The summed E-state index contributed by atoms with van der Waals surface area (Å²) >= 11 is 8.22. The van der Waals surface area contributed by atoms with Gasteiger partial charge in [-0.05, 0) is 47.4 Å². The zero-order valence-corrected chi connectivity index (χ0v) is 14.1. The molecule has 0 aromatic heterocycles. The molecule has 2 atom stereocenters. The summed E-state index contributed by atoms with van der Waals surface area (Å²) in [6, 6.07) is 6.52. The van der Waals surface area contributed by atoms with Gasteiger partial charge in [-0.15, -0.1) is 11.8 Å². The number of hydrogen-bond donors (Lipinski definition) is 0. The van der Waals surface area contributed by atoms with Crippen molar-refractivity contribution in [3.63, 3.8) is 0 Å². The number of benzene rings is 1. The summed E-state index contributed by atoms with van der Waals surface area (Å²) in [6.45, 7) is 0.793. The summed E-state index contributed by atoms with van der Waals surface area (Å²) in [5.41, 5.74) is 2.97.